The van der Waals surface area contributed by atoms with Crippen LogP contribution in [0.1, 0.15) is 15.9 Å². The van der Waals surface area contributed by atoms with Crippen molar-refractivity contribution in [2.24, 2.45) is 0 Å². The van der Waals surface area contributed by atoms with Crippen molar-refractivity contribution in [2.75, 3.05) is 25.5 Å². The number of rotatable bonds is 5. The summed E-state index contributed by atoms with van der Waals surface area (Å²) in [6.07, 6.45) is 0. The van der Waals surface area contributed by atoms with Gasteiger partial charge in [0.05, 0.1) is 5.69 Å². The molecule has 0 spiro atoms. The third-order valence-corrected chi connectivity index (χ3v) is 5.79. The third kappa shape index (κ3) is 4.45. The number of hydrogen-bond acceptors (Lipinski definition) is 3. The maximum Gasteiger partial charge on any atom is 0.270 e. The smallest absolute Gasteiger partial charge is 0.270 e. The molecule has 1 heterocycles. The van der Waals surface area contributed by atoms with Gasteiger partial charge in [0.2, 0.25) is 0 Å². The third-order valence-electron chi connectivity index (χ3n) is 5.55. The lowest BCUT2D eigenvalue weighted by molar-refractivity contribution is -0.124. The Bertz CT molecular complexity index is 1300. The molecule has 0 atom stereocenters. The molecule has 2 amide bonds. The second kappa shape index (κ2) is 9.53. The molecule has 0 unspecified atom stereocenters. The van der Waals surface area contributed by atoms with Crippen LogP contribution in [0.25, 0.3) is 5.57 Å². The molecule has 4 rings (SSSR count). The molecular weight excluding hydrogens is 453 g/mol. The first kappa shape index (κ1) is 23.3. The molecule has 3 aromatic rings. The van der Waals surface area contributed by atoms with Crippen molar-refractivity contribution in [3.8, 4) is 0 Å². The van der Waals surface area contributed by atoms with Gasteiger partial charge >= 0.3 is 0 Å². The fourth-order valence-corrected chi connectivity index (χ4v) is 4.02. The molecule has 0 bridgehead atoms. The first-order valence-corrected chi connectivity index (χ1v) is 11.0. The Balaban J connectivity index is 1.83. The van der Waals surface area contributed by atoms with E-state index in [0.717, 1.165) is 16.9 Å². The molecule has 172 valence electrons. The average molecular weight is 476 g/mol. The van der Waals surface area contributed by atoms with E-state index < -0.39 is 5.82 Å². The summed E-state index contributed by atoms with van der Waals surface area (Å²) in [5.74, 6) is -1.06. The Morgan fingerprint density at radius 2 is 1.71 bits per heavy atom. The van der Waals surface area contributed by atoms with Crippen molar-refractivity contribution < 1.29 is 14.0 Å². The van der Waals surface area contributed by atoms with E-state index in [9.17, 15) is 14.0 Å². The molecule has 0 saturated heterocycles. The summed E-state index contributed by atoms with van der Waals surface area (Å²) in [5, 5.41) is 3.38. The van der Waals surface area contributed by atoms with Gasteiger partial charge < -0.3 is 15.1 Å². The zero-order chi connectivity index (χ0) is 24.4. The highest BCUT2D eigenvalue weighted by molar-refractivity contribution is 6.31. The highest BCUT2D eigenvalue weighted by Gasteiger charge is 2.34. The first-order chi connectivity index (χ1) is 16.3. The van der Waals surface area contributed by atoms with Crippen molar-refractivity contribution in [3.63, 3.8) is 0 Å². The molecule has 1 aliphatic rings. The summed E-state index contributed by atoms with van der Waals surface area (Å²) >= 11 is 6.33. The highest BCUT2D eigenvalue weighted by atomic mass is 35.5. The quantitative estimate of drug-likeness (QED) is 0.536. The molecule has 1 N–H and O–H groups in total. The zero-order valence-corrected chi connectivity index (χ0v) is 19.6. The minimum atomic E-state index is -0.424. The molecule has 0 aliphatic carbocycles. The average Bonchev–Trinajstić information content (AvgIpc) is 2.83. The Morgan fingerprint density at radius 3 is 2.35 bits per heavy atom. The Kier molecular flexibility index (Phi) is 6.52. The molecular formula is C27H23ClFN3O2. The van der Waals surface area contributed by atoms with E-state index in [1.807, 2.05) is 41.3 Å². The molecule has 0 fully saturated rings. The summed E-state index contributed by atoms with van der Waals surface area (Å²) in [6.45, 7) is 4.30. The highest BCUT2D eigenvalue weighted by Crippen LogP contribution is 2.45. The van der Waals surface area contributed by atoms with Gasteiger partial charge in [-0.2, -0.15) is 0 Å². The lowest BCUT2D eigenvalue weighted by Gasteiger charge is -2.37. The van der Waals surface area contributed by atoms with E-state index in [0.29, 0.717) is 27.4 Å². The first-order valence-electron chi connectivity index (χ1n) is 10.6. The van der Waals surface area contributed by atoms with Gasteiger partial charge in [0, 0.05) is 48.1 Å². The van der Waals surface area contributed by atoms with Gasteiger partial charge in [-0.1, -0.05) is 42.4 Å². The normalized spacial score (nSPS) is 12.9. The predicted molar refractivity (Wildman–Crippen MR) is 134 cm³/mol. The van der Waals surface area contributed by atoms with E-state index >= 15 is 0 Å². The van der Waals surface area contributed by atoms with Crippen molar-refractivity contribution in [3.05, 3.63) is 113 Å². The number of halogens is 2. The lowest BCUT2D eigenvalue weighted by Crippen LogP contribution is -2.38. The van der Waals surface area contributed by atoms with Crippen LogP contribution in [0.15, 0.2) is 90.6 Å². The van der Waals surface area contributed by atoms with E-state index in [4.69, 9.17) is 11.6 Å². The second-order valence-corrected chi connectivity index (χ2v) is 8.46. The van der Waals surface area contributed by atoms with Gasteiger partial charge in [0.25, 0.3) is 11.8 Å². The summed E-state index contributed by atoms with van der Waals surface area (Å²) < 4.78 is 13.3. The molecule has 5 nitrogen and oxygen atoms in total. The van der Waals surface area contributed by atoms with Gasteiger partial charge in [-0.3, -0.25) is 9.59 Å². The number of para-hydroxylation sites is 1. The number of likely N-dealkylation sites (N-methyl/N-ethyl adjacent to an activating group) is 1. The fourth-order valence-electron chi connectivity index (χ4n) is 3.85. The molecule has 3 aromatic carbocycles. The summed E-state index contributed by atoms with van der Waals surface area (Å²) in [7, 11) is 3.34. The number of fused-ring (bicyclic) bond motifs is 1. The molecule has 0 saturated carbocycles. The van der Waals surface area contributed by atoms with Crippen LogP contribution in [0.2, 0.25) is 5.02 Å². The van der Waals surface area contributed by atoms with Crippen LogP contribution < -0.4 is 10.2 Å². The van der Waals surface area contributed by atoms with E-state index in [-0.39, 0.29) is 18.4 Å². The van der Waals surface area contributed by atoms with Gasteiger partial charge in [-0.25, -0.2) is 4.39 Å². The van der Waals surface area contributed by atoms with Gasteiger partial charge in [-0.15, -0.1) is 0 Å². The summed E-state index contributed by atoms with van der Waals surface area (Å²) in [5.41, 5.74) is 4.17. The lowest BCUT2D eigenvalue weighted by atomic mass is 9.90. The van der Waals surface area contributed by atoms with Crippen LogP contribution in [0.3, 0.4) is 0 Å². The maximum atomic E-state index is 13.5. The minimum absolute atomic E-state index is 0.0509. The Labute approximate surface area is 202 Å². The van der Waals surface area contributed by atoms with Crippen LogP contribution in [0, 0.1) is 5.82 Å². The van der Waals surface area contributed by atoms with Crippen molar-refractivity contribution in [1.82, 2.24) is 10.2 Å². The SMILES string of the molecule is C=C1C(CNC(=O)c2ccc(F)cc2)=C(C(=O)N(C)C)N(c2ccccc2)c2cc(Cl)ccc21. The van der Waals surface area contributed by atoms with Crippen LogP contribution in [-0.4, -0.2) is 37.4 Å². The number of hydrogen-bond donors (Lipinski definition) is 1. The number of anilines is 2. The molecule has 34 heavy (non-hydrogen) atoms. The number of carbonyl (C=O) groups excluding carboxylic acids is 2. The molecule has 0 aromatic heterocycles. The van der Waals surface area contributed by atoms with Gasteiger partial charge in [-0.05, 0) is 54.1 Å². The topological polar surface area (TPSA) is 52.7 Å². The van der Waals surface area contributed by atoms with Gasteiger partial charge in [0.15, 0.2) is 0 Å². The fraction of sp³-hybridized carbons (Fsp3) is 0.111. The number of nitrogens with zero attached hydrogens (tertiary/aromatic N) is 2. The zero-order valence-electron chi connectivity index (χ0n) is 18.8. The Morgan fingerprint density at radius 1 is 1.03 bits per heavy atom. The monoisotopic (exact) mass is 475 g/mol. The maximum absolute atomic E-state index is 13.5. The van der Waals surface area contributed by atoms with Crippen molar-refractivity contribution in [2.45, 2.75) is 0 Å². The number of benzene rings is 3. The molecule has 7 heteroatoms. The van der Waals surface area contributed by atoms with Crippen LogP contribution in [-0.2, 0) is 4.79 Å². The van der Waals surface area contributed by atoms with Crippen molar-refractivity contribution >= 4 is 40.4 Å². The standard InChI is InChI=1S/C27H23ClFN3O2/c1-17-22-14-11-19(28)15-24(22)32(21-7-5-4-6-8-21)25(27(34)31(2)3)23(17)16-30-26(33)18-9-12-20(29)13-10-18/h4-15H,1,16H2,2-3H3,(H,30,33). The second-order valence-electron chi connectivity index (χ2n) is 8.03. The molecule has 1 aliphatic heterocycles. The van der Waals surface area contributed by atoms with Crippen molar-refractivity contribution in [1.29, 1.82) is 0 Å². The Hall–Kier alpha value is -3.90. The van der Waals surface area contributed by atoms with Crippen LogP contribution in [0.5, 0.6) is 0 Å². The summed E-state index contributed by atoms with van der Waals surface area (Å²) in [4.78, 5) is 29.6. The number of amides is 2. The number of carbonyl (C=O) groups is 2. The predicted octanol–water partition coefficient (Wildman–Crippen LogP) is 5.42. The number of nitrogens with one attached hydrogen (secondary N) is 1. The summed E-state index contributed by atoms with van der Waals surface area (Å²) in [6, 6.07) is 20.2. The van der Waals surface area contributed by atoms with Crippen LogP contribution in [0.4, 0.5) is 15.8 Å². The minimum Gasteiger partial charge on any atom is -0.348 e. The van der Waals surface area contributed by atoms with E-state index in [1.54, 1.807) is 26.2 Å². The van der Waals surface area contributed by atoms with Crippen LogP contribution >= 0.6 is 11.6 Å². The molecule has 0 radical (unpaired) electrons. The largest absolute Gasteiger partial charge is 0.348 e. The van der Waals surface area contributed by atoms with E-state index in [2.05, 4.69) is 11.9 Å². The van der Waals surface area contributed by atoms with Gasteiger partial charge in [0.1, 0.15) is 11.5 Å². The van der Waals surface area contributed by atoms with E-state index in [1.165, 1.54) is 29.2 Å².